The molecule has 0 unspecified atom stereocenters. The largest absolute Gasteiger partial charge is 0.388 e. The number of nitrogens with one attached hydrogen (secondary N) is 3. The molecule has 2 aromatic rings. The normalized spacial score (nSPS) is 14.6. The fourth-order valence-corrected chi connectivity index (χ4v) is 5.11. The number of nitrogens with zero attached hydrogens (tertiary/aromatic N) is 2. The molecule has 0 radical (unpaired) electrons. The molecule has 10 nitrogen and oxygen atoms in total. The molecule has 0 aliphatic rings. The van der Waals surface area contributed by atoms with Gasteiger partial charge in [-0.2, -0.15) is 17.0 Å². The summed E-state index contributed by atoms with van der Waals surface area (Å²) in [7, 11) is 0. The summed E-state index contributed by atoms with van der Waals surface area (Å²) in [5.74, 6) is -2.69. The Hall–Kier alpha value is -3.60. The maximum absolute atomic E-state index is 13.9. The van der Waals surface area contributed by atoms with E-state index in [1.54, 1.807) is 6.07 Å². The average Bonchev–Trinajstić information content (AvgIpc) is 2.92. The first kappa shape index (κ1) is 33.6. The van der Waals surface area contributed by atoms with Crippen molar-refractivity contribution < 1.29 is 33.4 Å². The zero-order chi connectivity index (χ0) is 30.4. The molecule has 5 atom stereocenters. The van der Waals surface area contributed by atoms with Crippen LogP contribution in [0.2, 0.25) is 0 Å². The molecule has 3 amide bonds. The molecule has 0 saturated heterocycles. The van der Waals surface area contributed by atoms with E-state index in [9.17, 15) is 33.4 Å². The van der Waals surface area contributed by atoms with Crippen LogP contribution >= 0.6 is 11.8 Å². The lowest BCUT2D eigenvalue weighted by Crippen LogP contribution is -2.59. The highest BCUT2D eigenvalue weighted by molar-refractivity contribution is 7.99. The van der Waals surface area contributed by atoms with Crippen molar-refractivity contribution in [2.24, 2.45) is 0 Å². The highest BCUT2D eigenvalue weighted by atomic mass is 32.2. The Labute approximate surface area is 241 Å². The second-order valence-corrected chi connectivity index (χ2v) is 10.6. The minimum atomic E-state index is -1.78. The van der Waals surface area contributed by atoms with Crippen LogP contribution in [-0.4, -0.2) is 74.8 Å². The van der Waals surface area contributed by atoms with Gasteiger partial charge in [0.1, 0.15) is 29.9 Å². The maximum Gasteiger partial charge on any atom is 0.253 e. The summed E-state index contributed by atoms with van der Waals surface area (Å²) in [5, 5.41) is 38.8. The number of carbonyl (C=O) groups excluding carboxylic acids is 3. The Morgan fingerprint density at radius 1 is 1.07 bits per heavy atom. The van der Waals surface area contributed by atoms with E-state index >= 15 is 0 Å². The van der Waals surface area contributed by atoms with Crippen LogP contribution in [0.25, 0.3) is 0 Å². The van der Waals surface area contributed by atoms with Crippen molar-refractivity contribution in [2.45, 2.75) is 69.9 Å². The van der Waals surface area contributed by atoms with E-state index < -0.39 is 59.7 Å². The summed E-state index contributed by atoms with van der Waals surface area (Å²) >= 11 is 1.43. The van der Waals surface area contributed by atoms with Crippen molar-refractivity contribution in [2.75, 3.05) is 11.5 Å². The molecule has 41 heavy (non-hydrogen) atoms. The first-order chi connectivity index (χ1) is 19.5. The first-order valence-electron chi connectivity index (χ1n) is 13.1. The third kappa shape index (κ3) is 11.4. The molecule has 0 bridgehead atoms. The predicted molar refractivity (Wildman–Crippen MR) is 150 cm³/mol. The van der Waals surface area contributed by atoms with E-state index in [1.165, 1.54) is 37.1 Å². The molecule has 1 heterocycles. The zero-order valence-corrected chi connectivity index (χ0v) is 23.7. The Kier molecular flexibility index (Phi) is 14.2. The Morgan fingerprint density at radius 2 is 1.76 bits per heavy atom. The molecule has 0 saturated carbocycles. The summed E-state index contributed by atoms with van der Waals surface area (Å²) < 4.78 is 27.9. The van der Waals surface area contributed by atoms with Crippen LogP contribution in [0.15, 0.2) is 42.7 Å². The minimum absolute atomic E-state index is 0.0728. The van der Waals surface area contributed by atoms with Crippen molar-refractivity contribution >= 4 is 29.5 Å². The summed E-state index contributed by atoms with van der Waals surface area (Å²) in [6, 6.07) is 4.02. The number of halogens is 2. The first-order valence-corrected chi connectivity index (χ1v) is 14.2. The molecule has 13 heteroatoms. The second-order valence-electron chi connectivity index (χ2n) is 9.44. The van der Waals surface area contributed by atoms with Crippen LogP contribution in [0, 0.1) is 23.0 Å². The number of rotatable bonds is 16. The summed E-state index contributed by atoms with van der Waals surface area (Å²) in [5.41, 5.74) is 0.296. The lowest BCUT2D eigenvalue weighted by Gasteiger charge is -2.33. The fourth-order valence-electron chi connectivity index (χ4n) is 3.98. The van der Waals surface area contributed by atoms with Crippen molar-refractivity contribution in [3.63, 3.8) is 0 Å². The SMILES string of the molecule is CCCCSC[C@@H](NC(=O)c1cccnc1)C(=O)N[C@@H](Cc1cc(F)cc(F)c1)[C@@H](O)[C@H](O)[C@@H](CC#N)NC(C)=O. The lowest BCUT2D eigenvalue weighted by molar-refractivity contribution is -0.126. The van der Waals surface area contributed by atoms with Gasteiger partial charge in [-0.05, 0) is 48.4 Å². The fraction of sp³-hybridized carbons (Fsp3) is 0.464. The third-order valence-electron chi connectivity index (χ3n) is 6.05. The van der Waals surface area contributed by atoms with Crippen molar-refractivity contribution in [3.05, 3.63) is 65.5 Å². The van der Waals surface area contributed by atoms with Gasteiger partial charge >= 0.3 is 0 Å². The van der Waals surface area contributed by atoms with Crippen LogP contribution < -0.4 is 16.0 Å². The molecule has 0 fully saturated rings. The highest BCUT2D eigenvalue weighted by Gasteiger charge is 2.35. The van der Waals surface area contributed by atoms with Crippen molar-refractivity contribution in [1.29, 1.82) is 5.26 Å². The van der Waals surface area contributed by atoms with E-state index in [-0.39, 0.29) is 29.7 Å². The number of hydrogen-bond acceptors (Lipinski definition) is 8. The van der Waals surface area contributed by atoms with Crippen LogP contribution in [-0.2, 0) is 16.0 Å². The standard InChI is InChI=1S/C28H35F2N5O5S/c1-3-4-10-41-16-24(35-27(39)19-6-5-9-32-15-19)28(40)34-23(13-18-11-20(29)14-21(30)12-18)26(38)25(37)22(7-8-31)33-17(2)36/h5-6,9,11-12,14-15,22-26,37-38H,3-4,7,10,13,16H2,1-2H3,(H,33,36)(H,34,40)(H,35,39)/t22-,23+,24-,25-,26-/m1/s1. The van der Waals surface area contributed by atoms with Gasteiger partial charge in [-0.3, -0.25) is 19.4 Å². The van der Waals surface area contributed by atoms with E-state index in [2.05, 4.69) is 20.9 Å². The number of hydrogen-bond donors (Lipinski definition) is 5. The third-order valence-corrected chi connectivity index (χ3v) is 7.20. The number of pyridine rings is 1. The topological polar surface area (TPSA) is 164 Å². The van der Waals surface area contributed by atoms with Crippen molar-refractivity contribution in [1.82, 2.24) is 20.9 Å². The number of aromatic nitrogens is 1. The highest BCUT2D eigenvalue weighted by Crippen LogP contribution is 2.16. The minimum Gasteiger partial charge on any atom is -0.388 e. The average molecular weight is 592 g/mol. The van der Waals surface area contributed by atoms with Gasteiger partial charge < -0.3 is 26.2 Å². The number of benzene rings is 1. The molecule has 0 spiro atoms. The van der Waals surface area contributed by atoms with Gasteiger partial charge in [0.15, 0.2) is 0 Å². The van der Waals surface area contributed by atoms with Crippen LogP contribution in [0.4, 0.5) is 8.78 Å². The van der Waals surface area contributed by atoms with Crippen LogP contribution in [0.5, 0.6) is 0 Å². The number of aliphatic hydroxyl groups excluding tert-OH is 2. The molecular weight excluding hydrogens is 556 g/mol. The Morgan fingerprint density at radius 3 is 2.34 bits per heavy atom. The van der Waals surface area contributed by atoms with Crippen LogP contribution in [0.3, 0.4) is 0 Å². The number of thioether (sulfide) groups is 1. The number of unbranched alkanes of at least 4 members (excludes halogenated alkanes) is 1. The van der Waals surface area contributed by atoms with E-state index in [0.29, 0.717) is 6.07 Å². The smallest absolute Gasteiger partial charge is 0.253 e. The summed E-state index contributed by atoms with van der Waals surface area (Å²) in [4.78, 5) is 41.8. The van der Waals surface area contributed by atoms with Gasteiger partial charge in [-0.1, -0.05) is 13.3 Å². The maximum atomic E-state index is 13.9. The Balaban J connectivity index is 2.35. The molecule has 0 aliphatic heterocycles. The van der Waals surface area contributed by atoms with Crippen molar-refractivity contribution in [3.8, 4) is 6.07 Å². The lowest BCUT2D eigenvalue weighted by atomic mass is 9.92. The number of nitriles is 1. The predicted octanol–water partition coefficient (Wildman–Crippen LogP) is 1.86. The van der Waals surface area contributed by atoms with Gasteiger partial charge in [0.25, 0.3) is 5.91 Å². The Bertz CT molecular complexity index is 1180. The summed E-state index contributed by atoms with van der Waals surface area (Å²) in [6.07, 6.45) is 0.470. The second kappa shape index (κ2) is 17.3. The van der Waals surface area contributed by atoms with Gasteiger partial charge in [0.05, 0.1) is 30.1 Å². The monoisotopic (exact) mass is 591 g/mol. The number of amides is 3. The van der Waals surface area contributed by atoms with E-state index in [1.807, 2.05) is 13.0 Å². The molecule has 222 valence electrons. The number of aliphatic hydroxyl groups is 2. The molecule has 1 aromatic carbocycles. The van der Waals surface area contributed by atoms with Gasteiger partial charge in [0.2, 0.25) is 11.8 Å². The molecule has 0 aliphatic carbocycles. The van der Waals surface area contributed by atoms with Gasteiger partial charge in [-0.15, -0.1) is 0 Å². The molecule has 5 N–H and O–H groups in total. The summed E-state index contributed by atoms with van der Waals surface area (Å²) in [6.45, 7) is 3.19. The molecular formula is C28H35F2N5O5S. The molecule has 1 aromatic heterocycles. The van der Waals surface area contributed by atoms with E-state index in [0.717, 1.165) is 30.7 Å². The molecule has 2 rings (SSSR count). The number of carbonyl (C=O) groups is 3. The van der Waals surface area contributed by atoms with Crippen LogP contribution in [0.1, 0.15) is 49.0 Å². The van der Waals surface area contributed by atoms with Gasteiger partial charge in [-0.25, -0.2) is 8.78 Å². The quantitative estimate of drug-likeness (QED) is 0.185. The van der Waals surface area contributed by atoms with E-state index in [4.69, 9.17) is 5.26 Å². The zero-order valence-electron chi connectivity index (χ0n) is 22.8. The van der Waals surface area contributed by atoms with Gasteiger partial charge in [0, 0.05) is 31.1 Å².